The fraction of sp³-hybridized carbons (Fsp3) is 0.533. The molecule has 0 saturated heterocycles. The second-order valence-electron chi connectivity index (χ2n) is 5.53. The maximum atomic E-state index is 5.13. The van der Waals surface area contributed by atoms with E-state index < -0.39 is 0 Å². The van der Waals surface area contributed by atoms with Gasteiger partial charge in [-0.25, -0.2) is 0 Å². The summed E-state index contributed by atoms with van der Waals surface area (Å²) in [5, 5.41) is 8.02. The fourth-order valence-electron chi connectivity index (χ4n) is 2.41. The van der Waals surface area contributed by atoms with Crippen LogP contribution in [0.4, 0.5) is 5.82 Å². The van der Waals surface area contributed by atoms with Gasteiger partial charge in [0, 0.05) is 44.4 Å². The van der Waals surface area contributed by atoms with E-state index >= 15 is 0 Å². The molecule has 0 spiro atoms. The van der Waals surface area contributed by atoms with Crippen molar-refractivity contribution in [2.75, 3.05) is 11.9 Å². The van der Waals surface area contributed by atoms with Gasteiger partial charge in [0.1, 0.15) is 5.82 Å². The Labute approximate surface area is 120 Å². The van der Waals surface area contributed by atoms with Crippen LogP contribution in [0.5, 0.6) is 0 Å². The van der Waals surface area contributed by atoms with Crippen LogP contribution in [0.15, 0.2) is 23.0 Å². The molecule has 0 amide bonds. The van der Waals surface area contributed by atoms with Crippen molar-refractivity contribution in [1.29, 1.82) is 0 Å². The fourth-order valence-corrected chi connectivity index (χ4v) is 2.41. The minimum absolute atomic E-state index is 0.460. The van der Waals surface area contributed by atoms with Crippen molar-refractivity contribution in [3.05, 3.63) is 35.4 Å². The monoisotopic (exact) mass is 276 g/mol. The zero-order chi connectivity index (χ0) is 14.7. The van der Waals surface area contributed by atoms with Crippen molar-refractivity contribution in [3.63, 3.8) is 0 Å². The predicted octanol–water partition coefficient (Wildman–Crippen LogP) is 2.46. The molecule has 5 nitrogen and oxygen atoms in total. The van der Waals surface area contributed by atoms with Gasteiger partial charge in [0.2, 0.25) is 0 Å². The Balaban J connectivity index is 2.20. The van der Waals surface area contributed by atoms with Crippen LogP contribution in [-0.4, -0.2) is 22.9 Å². The maximum Gasteiger partial charge on any atom is 0.131 e. The average Bonchev–Trinajstić information content (AvgIpc) is 2.94. The summed E-state index contributed by atoms with van der Waals surface area (Å²) in [7, 11) is 4.08. The van der Waals surface area contributed by atoms with Crippen LogP contribution in [-0.2, 0) is 20.1 Å². The first-order valence-electron chi connectivity index (χ1n) is 6.97. The zero-order valence-corrected chi connectivity index (χ0v) is 13.0. The van der Waals surface area contributed by atoms with Gasteiger partial charge in [-0.1, -0.05) is 13.8 Å². The smallest absolute Gasteiger partial charge is 0.131 e. The number of aromatic nitrogens is 2. The molecule has 0 aliphatic carbocycles. The summed E-state index contributed by atoms with van der Waals surface area (Å²) in [5.74, 6) is 1.15. The van der Waals surface area contributed by atoms with E-state index in [1.165, 1.54) is 5.56 Å². The molecule has 0 radical (unpaired) electrons. The lowest BCUT2D eigenvalue weighted by molar-refractivity contribution is 0.563. The topological polar surface area (TPSA) is 46.2 Å². The van der Waals surface area contributed by atoms with Crippen LogP contribution < -0.4 is 10.2 Å². The van der Waals surface area contributed by atoms with Crippen LogP contribution in [0.3, 0.4) is 0 Å². The van der Waals surface area contributed by atoms with Gasteiger partial charge in [-0.05, 0) is 13.0 Å². The van der Waals surface area contributed by atoms with E-state index in [4.69, 9.17) is 4.42 Å². The summed E-state index contributed by atoms with van der Waals surface area (Å²) in [5.41, 5.74) is 3.50. The number of anilines is 1. The van der Waals surface area contributed by atoms with Gasteiger partial charge in [0.15, 0.2) is 0 Å². The number of hydrogen-bond acceptors (Lipinski definition) is 4. The van der Waals surface area contributed by atoms with Gasteiger partial charge in [-0.3, -0.25) is 4.68 Å². The Morgan fingerprint density at radius 3 is 2.80 bits per heavy atom. The molecule has 2 rings (SSSR count). The second kappa shape index (κ2) is 6.13. The number of aryl methyl sites for hydroxylation is 2. The summed E-state index contributed by atoms with van der Waals surface area (Å²) in [6.07, 6.45) is 3.49. The van der Waals surface area contributed by atoms with E-state index in [1.54, 1.807) is 12.5 Å². The number of furan rings is 1. The Bertz CT molecular complexity index is 542. The average molecular weight is 276 g/mol. The van der Waals surface area contributed by atoms with Crippen LogP contribution in [0.2, 0.25) is 0 Å². The summed E-state index contributed by atoms with van der Waals surface area (Å²) >= 11 is 0. The molecule has 0 fully saturated rings. The first-order valence-corrected chi connectivity index (χ1v) is 6.97. The minimum Gasteiger partial charge on any atom is -0.472 e. The van der Waals surface area contributed by atoms with E-state index in [2.05, 4.69) is 43.1 Å². The summed E-state index contributed by atoms with van der Waals surface area (Å²) in [4.78, 5) is 2.21. The highest BCUT2D eigenvalue weighted by molar-refractivity contribution is 5.50. The Kier molecular flexibility index (Phi) is 4.49. The van der Waals surface area contributed by atoms with E-state index in [0.29, 0.717) is 6.04 Å². The van der Waals surface area contributed by atoms with Crippen LogP contribution in [0, 0.1) is 6.92 Å². The van der Waals surface area contributed by atoms with Gasteiger partial charge in [0.05, 0.1) is 18.2 Å². The molecule has 0 atom stereocenters. The molecule has 0 unspecified atom stereocenters. The van der Waals surface area contributed by atoms with Crippen molar-refractivity contribution in [2.24, 2.45) is 7.05 Å². The largest absolute Gasteiger partial charge is 0.472 e. The lowest BCUT2D eigenvalue weighted by atomic mass is 10.2. The van der Waals surface area contributed by atoms with Crippen molar-refractivity contribution in [2.45, 2.75) is 39.9 Å². The standard InChI is InChI=1S/C15H24N4O/c1-11(2)16-8-14-12(3)17-19(5)15(14)18(4)9-13-6-7-20-10-13/h6-7,10-11,16H,8-9H2,1-5H3. The quantitative estimate of drug-likeness (QED) is 0.880. The number of hydrogen-bond donors (Lipinski definition) is 1. The van der Waals surface area contributed by atoms with E-state index in [1.807, 2.05) is 17.8 Å². The van der Waals surface area contributed by atoms with Gasteiger partial charge >= 0.3 is 0 Å². The lowest BCUT2D eigenvalue weighted by Crippen LogP contribution is -2.25. The van der Waals surface area contributed by atoms with Gasteiger partial charge in [-0.15, -0.1) is 0 Å². The van der Waals surface area contributed by atoms with Gasteiger partial charge in [0.25, 0.3) is 0 Å². The summed E-state index contributed by atoms with van der Waals surface area (Å²) < 4.78 is 7.09. The molecule has 2 aromatic heterocycles. The predicted molar refractivity (Wildman–Crippen MR) is 80.7 cm³/mol. The highest BCUT2D eigenvalue weighted by Crippen LogP contribution is 2.23. The van der Waals surface area contributed by atoms with Crippen molar-refractivity contribution >= 4 is 5.82 Å². The lowest BCUT2D eigenvalue weighted by Gasteiger charge is -2.21. The Hall–Kier alpha value is -1.75. The minimum atomic E-state index is 0.460. The molecule has 110 valence electrons. The van der Waals surface area contributed by atoms with E-state index in [0.717, 1.165) is 30.2 Å². The molecule has 5 heteroatoms. The SMILES string of the molecule is Cc1nn(C)c(N(C)Cc2ccoc2)c1CNC(C)C. The second-order valence-corrected chi connectivity index (χ2v) is 5.53. The highest BCUT2D eigenvalue weighted by atomic mass is 16.3. The third-order valence-electron chi connectivity index (χ3n) is 3.36. The third kappa shape index (κ3) is 3.22. The number of rotatable bonds is 6. The first kappa shape index (κ1) is 14.7. The van der Waals surface area contributed by atoms with E-state index in [-0.39, 0.29) is 0 Å². The van der Waals surface area contributed by atoms with Crippen LogP contribution in [0.25, 0.3) is 0 Å². The van der Waals surface area contributed by atoms with Crippen LogP contribution in [0.1, 0.15) is 30.7 Å². The molecule has 1 N–H and O–H groups in total. The highest BCUT2D eigenvalue weighted by Gasteiger charge is 2.17. The van der Waals surface area contributed by atoms with Crippen molar-refractivity contribution in [3.8, 4) is 0 Å². The molecular weight excluding hydrogens is 252 g/mol. The normalized spacial score (nSPS) is 11.3. The number of nitrogens with one attached hydrogen (secondary N) is 1. The van der Waals surface area contributed by atoms with E-state index in [9.17, 15) is 0 Å². The van der Waals surface area contributed by atoms with Crippen LogP contribution >= 0.6 is 0 Å². The first-order chi connectivity index (χ1) is 9.49. The number of nitrogens with zero attached hydrogens (tertiary/aromatic N) is 3. The molecular formula is C15H24N4O. The molecule has 2 heterocycles. The molecule has 0 aromatic carbocycles. The zero-order valence-electron chi connectivity index (χ0n) is 13.0. The molecule has 0 aliphatic rings. The molecule has 0 bridgehead atoms. The van der Waals surface area contributed by atoms with Gasteiger partial charge < -0.3 is 14.6 Å². The maximum absolute atomic E-state index is 5.13. The Morgan fingerprint density at radius 2 is 2.20 bits per heavy atom. The molecule has 20 heavy (non-hydrogen) atoms. The molecule has 2 aromatic rings. The van der Waals surface area contributed by atoms with Crippen molar-refractivity contribution < 1.29 is 4.42 Å². The summed E-state index contributed by atoms with van der Waals surface area (Å²) in [6.45, 7) is 8.01. The molecule has 0 aliphatic heterocycles. The third-order valence-corrected chi connectivity index (χ3v) is 3.36. The van der Waals surface area contributed by atoms with Crippen molar-refractivity contribution in [1.82, 2.24) is 15.1 Å². The summed E-state index contributed by atoms with van der Waals surface area (Å²) in [6, 6.07) is 2.45. The Morgan fingerprint density at radius 1 is 1.45 bits per heavy atom. The van der Waals surface area contributed by atoms with Gasteiger partial charge in [-0.2, -0.15) is 5.10 Å². The molecule has 0 saturated carbocycles.